The molecular weight excluding hydrogens is 373 g/mol. The predicted molar refractivity (Wildman–Crippen MR) is 100 cm³/mol. The largest absolute Gasteiger partial charge is 0.453 e. The van der Waals surface area contributed by atoms with Gasteiger partial charge in [-0.05, 0) is 32.0 Å². The van der Waals surface area contributed by atoms with Crippen LogP contribution in [0, 0.1) is 12.7 Å². The Bertz CT molecular complexity index is 852. The van der Waals surface area contributed by atoms with Gasteiger partial charge in [-0.1, -0.05) is 41.4 Å². The molecule has 0 fully saturated rings. The van der Waals surface area contributed by atoms with Gasteiger partial charge in [0.05, 0.1) is 12.1 Å². The third-order valence-electron chi connectivity index (χ3n) is 3.80. The Balaban J connectivity index is 1.82. The molecular formula is C20H19ClFNO4. The molecule has 5 nitrogen and oxygen atoms in total. The summed E-state index contributed by atoms with van der Waals surface area (Å²) in [6.45, 7) is 3.27. The highest BCUT2D eigenvalue weighted by Crippen LogP contribution is 2.19. The molecule has 0 unspecified atom stereocenters. The number of ether oxygens (including phenoxy) is 1. The molecule has 0 aliphatic heterocycles. The maximum Gasteiger partial charge on any atom is 0.307 e. The Hall–Kier alpha value is -2.73. The van der Waals surface area contributed by atoms with Gasteiger partial charge in [0.25, 0.3) is 5.91 Å². The van der Waals surface area contributed by atoms with Crippen molar-refractivity contribution in [2.45, 2.75) is 32.8 Å². The van der Waals surface area contributed by atoms with Crippen molar-refractivity contribution in [3.8, 4) is 0 Å². The maximum absolute atomic E-state index is 13.7. The number of benzene rings is 2. The molecule has 2 rings (SSSR count). The number of ketones is 1. The van der Waals surface area contributed by atoms with E-state index >= 15 is 0 Å². The quantitative estimate of drug-likeness (QED) is 0.563. The molecule has 0 aromatic heterocycles. The molecule has 142 valence electrons. The maximum atomic E-state index is 13.7. The zero-order valence-electron chi connectivity index (χ0n) is 14.9. The molecule has 7 heteroatoms. The number of hydrogen-bond donors (Lipinski definition) is 1. The molecule has 1 N–H and O–H groups in total. The summed E-state index contributed by atoms with van der Waals surface area (Å²) in [5.74, 6) is -2.26. The summed E-state index contributed by atoms with van der Waals surface area (Å²) in [6.07, 6.45) is -1.32. The number of nitrogens with one attached hydrogen (secondary N) is 1. The molecule has 0 radical (unpaired) electrons. The van der Waals surface area contributed by atoms with Crippen molar-refractivity contribution in [2.24, 2.45) is 0 Å². The molecule has 0 aliphatic carbocycles. The average Bonchev–Trinajstić information content (AvgIpc) is 2.62. The normalized spacial score (nSPS) is 11.6. The van der Waals surface area contributed by atoms with Crippen LogP contribution in [0.4, 0.5) is 10.1 Å². The second-order valence-electron chi connectivity index (χ2n) is 6.03. The lowest BCUT2D eigenvalue weighted by Gasteiger charge is -2.14. The summed E-state index contributed by atoms with van der Waals surface area (Å²) in [4.78, 5) is 35.9. The molecule has 27 heavy (non-hydrogen) atoms. The van der Waals surface area contributed by atoms with Crippen molar-refractivity contribution in [1.29, 1.82) is 0 Å². The van der Waals surface area contributed by atoms with Gasteiger partial charge in [-0.3, -0.25) is 14.4 Å². The molecule has 0 bridgehead atoms. The fourth-order valence-corrected chi connectivity index (χ4v) is 2.39. The van der Waals surface area contributed by atoms with Gasteiger partial charge in [-0.2, -0.15) is 0 Å². The van der Waals surface area contributed by atoms with E-state index in [0.29, 0.717) is 5.56 Å². The Kier molecular flexibility index (Phi) is 7.07. The van der Waals surface area contributed by atoms with Crippen molar-refractivity contribution < 1.29 is 23.5 Å². The van der Waals surface area contributed by atoms with E-state index in [1.54, 1.807) is 12.1 Å². The topological polar surface area (TPSA) is 72.5 Å². The van der Waals surface area contributed by atoms with Crippen LogP contribution < -0.4 is 5.32 Å². The van der Waals surface area contributed by atoms with Gasteiger partial charge in [-0.15, -0.1) is 0 Å². The minimum Gasteiger partial charge on any atom is -0.453 e. The number of Topliss-reactive ketones (excluding diaryl/α,β-unsaturated/α-hetero) is 1. The van der Waals surface area contributed by atoms with Gasteiger partial charge in [-0.25, -0.2) is 4.39 Å². The molecule has 2 aromatic carbocycles. The van der Waals surface area contributed by atoms with Crippen LogP contribution in [0.5, 0.6) is 0 Å². The van der Waals surface area contributed by atoms with Crippen LogP contribution in [0.15, 0.2) is 42.5 Å². The van der Waals surface area contributed by atoms with Crippen LogP contribution in [-0.2, 0) is 14.3 Å². The van der Waals surface area contributed by atoms with Gasteiger partial charge >= 0.3 is 5.97 Å². The van der Waals surface area contributed by atoms with Crippen LogP contribution in [-0.4, -0.2) is 23.8 Å². The summed E-state index contributed by atoms with van der Waals surface area (Å²) >= 11 is 5.65. The van der Waals surface area contributed by atoms with Crippen molar-refractivity contribution in [3.63, 3.8) is 0 Å². The Morgan fingerprint density at radius 1 is 1.11 bits per heavy atom. The minimum atomic E-state index is -1.14. The highest BCUT2D eigenvalue weighted by molar-refractivity contribution is 6.30. The SMILES string of the molecule is Cc1ccc(C(=O)CCC(=O)O[C@@H](C)C(=O)Nc2ccc(Cl)cc2F)cc1. The summed E-state index contributed by atoms with van der Waals surface area (Å²) in [6, 6.07) is 10.8. The highest BCUT2D eigenvalue weighted by atomic mass is 35.5. The van der Waals surface area contributed by atoms with Crippen LogP contribution in [0.1, 0.15) is 35.7 Å². The van der Waals surface area contributed by atoms with E-state index in [4.69, 9.17) is 16.3 Å². The molecule has 1 atom stereocenters. The lowest BCUT2D eigenvalue weighted by Crippen LogP contribution is -2.30. The Morgan fingerprint density at radius 3 is 2.41 bits per heavy atom. The molecule has 0 saturated heterocycles. The number of carbonyl (C=O) groups is 3. The van der Waals surface area contributed by atoms with Crippen molar-refractivity contribution in [1.82, 2.24) is 0 Å². The number of rotatable bonds is 7. The highest BCUT2D eigenvalue weighted by Gasteiger charge is 2.20. The van der Waals surface area contributed by atoms with Gasteiger partial charge in [0.15, 0.2) is 11.9 Å². The van der Waals surface area contributed by atoms with E-state index in [0.717, 1.165) is 11.6 Å². The number of halogens is 2. The minimum absolute atomic E-state index is 0.0257. The monoisotopic (exact) mass is 391 g/mol. The molecule has 0 heterocycles. The average molecular weight is 392 g/mol. The first-order valence-corrected chi connectivity index (χ1v) is 8.69. The molecule has 1 amide bonds. The van der Waals surface area contributed by atoms with Crippen LogP contribution in [0.25, 0.3) is 0 Å². The third-order valence-corrected chi connectivity index (χ3v) is 4.03. The number of hydrogen-bond acceptors (Lipinski definition) is 4. The van der Waals surface area contributed by atoms with Crippen molar-refractivity contribution >= 4 is 34.9 Å². The lowest BCUT2D eigenvalue weighted by atomic mass is 10.1. The van der Waals surface area contributed by atoms with Gasteiger partial charge in [0, 0.05) is 17.0 Å². The smallest absolute Gasteiger partial charge is 0.307 e. The van der Waals surface area contributed by atoms with E-state index < -0.39 is 23.8 Å². The standard InChI is InChI=1S/C20H19ClFNO4/c1-12-3-5-14(6-4-12)18(24)9-10-19(25)27-13(2)20(26)23-17-8-7-15(21)11-16(17)22/h3-8,11,13H,9-10H2,1-2H3,(H,23,26)/t13-/m0/s1. The zero-order valence-corrected chi connectivity index (χ0v) is 15.7. The third kappa shape index (κ3) is 6.18. The molecule has 0 spiro atoms. The number of amides is 1. The summed E-state index contributed by atoms with van der Waals surface area (Å²) in [5, 5.41) is 2.52. The molecule has 0 aliphatic rings. The van der Waals surface area contributed by atoms with E-state index in [-0.39, 0.29) is 29.3 Å². The fraction of sp³-hybridized carbons (Fsp3) is 0.250. The predicted octanol–water partition coefficient (Wildman–Crippen LogP) is 4.32. The van der Waals surface area contributed by atoms with Gasteiger partial charge in [0.2, 0.25) is 0 Å². The molecule has 2 aromatic rings. The first-order chi connectivity index (χ1) is 12.8. The van der Waals surface area contributed by atoms with Gasteiger partial charge < -0.3 is 10.1 Å². The van der Waals surface area contributed by atoms with Crippen molar-refractivity contribution in [3.05, 3.63) is 64.4 Å². The fourth-order valence-electron chi connectivity index (χ4n) is 2.23. The lowest BCUT2D eigenvalue weighted by molar-refractivity contribution is -0.153. The summed E-state index contributed by atoms with van der Waals surface area (Å²) in [7, 11) is 0. The Labute approximate surface area is 161 Å². The first kappa shape index (κ1) is 20.6. The van der Waals surface area contributed by atoms with Crippen LogP contribution in [0.3, 0.4) is 0 Å². The number of anilines is 1. The molecule has 0 saturated carbocycles. The van der Waals surface area contributed by atoms with E-state index in [1.165, 1.54) is 19.1 Å². The van der Waals surface area contributed by atoms with Crippen LogP contribution in [0.2, 0.25) is 5.02 Å². The van der Waals surface area contributed by atoms with Gasteiger partial charge in [0.1, 0.15) is 5.82 Å². The number of esters is 1. The summed E-state index contributed by atoms with van der Waals surface area (Å²) < 4.78 is 18.7. The summed E-state index contributed by atoms with van der Waals surface area (Å²) in [5.41, 5.74) is 1.47. The second-order valence-corrected chi connectivity index (χ2v) is 6.47. The van der Waals surface area contributed by atoms with E-state index in [1.807, 2.05) is 19.1 Å². The zero-order chi connectivity index (χ0) is 20.0. The van der Waals surface area contributed by atoms with E-state index in [9.17, 15) is 18.8 Å². The van der Waals surface area contributed by atoms with E-state index in [2.05, 4.69) is 5.32 Å². The number of carbonyl (C=O) groups excluding carboxylic acids is 3. The number of aryl methyl sites for hydroxylation is 1. The van der Waals surface area contributed by atoms with Crippen molar-refractivity contribution in [2.75, 3.05) is 5.32 Å². The Morgan fingerprint density at radius 2 is 1.78 bits per heavy atom. The second kappa shape index (κ2) is 9.28. The first-order valence-electron chi connectivity index (χ1n) is 8.31. The van der Waals surface area contributed by atoms with Crippen LogP contribution >= 0.6 is 11.6 Å².